The summed E-state index contributed by atoms with van der Waals surface area (Å²) < 4.78 is 7.10. The lowest BCUT2D eigenvalue weighted by molar-refractivity contribution is -0.122. The summed E-state index contributed by atoms with van der Waals surface area (Å²) in [4.78, 5) is 11.8. The van der Waals surface area contributed by atoms with E-state index in [-0.39, 0.29) is 17.8 Å². The molecule has 0 saturated carbocycles. The van der Waals surface area contributed by atoms with E-state index in [0.29, 0.717) is 13.0 Å². The second-order valence-corrected chi connectivity index (χ2v) is 4.20. The van der Waals surface area contributed by atoms with Crippen molar-refractivity contribution in [2.45, 2.75) is 25.9 Å². The van der Waals surface area contributed by atoms with Crippen LogP contribution in [0.25, 0.3) is 0 Å². The van der Waals surface area contributed by atoms with E-state index in [1.165, 1.54) is 0 Å². The summed E-state index contributed by atoms with van der Waals surface area (Å²) in [6.45, 7) is 2.58. The van der Waals surface area contributed by atoms with Crippen LogP contribution in [0, 0.1) is 5.92 Å². The molecule has 1 aromatic rings. The van der Waals surface area contributed by atoms with Crippen molar-refractivity contribution >= 4 is 5.78 Å². The van der Waals surface area contributed by atoms with Crippen LogP contribution in [0.4, 0.5) is 0 Å². The summed E-state index contributed by atoms with van der Waals surface area (Å²) in [7, 11) is 1.86. The third-order valence-electron chi connectivity index (χ3n) is 2.78. The zero-order valence-electron chi connectivity index (χ0n) is 9.14. The predicted molar refractivity (Wildman–Crippen MR) is 55.4 cm³/mol. The number of aromatic nitrogens is 2. The fraction of sp³-hybridized carbons (Fsp3) is 0.636. The molecule has 2 heterocycles. The molecule has 0 spiro atoms. The van der Waals surface area contributed by atoms with Crippen molar-refractivity contribution in [1.82, 2.24) is 9.78 Å². The van der Waals surface area contributed by atoms with Crippen molar-refractivity contribution < 1.29 is 9.53 Å². The standard InChI is InChI=1S/C11H16N2O2/c1-8-5-9(7-15-8)11(14)6-10-3-4-13(2)12-10/h3-4,8-9H,5-7H2,1-2H3. The Bertz CT molecular complexity index is 359. The van der Waals surface area contributed by atoms with E-state index < -0.39 is 0 Å². The largest absolute Gasteiger partial charge is 0.378 e. The molecular weight excluding hydrogens is 192 g/mol. The lowest BCUT2D eigenvalue weighted by Crippen LogP contribution is -2.17. The molecule has 0 aromatic carbocycles. The predicted octanol–water partition coefficient (Wildman–Crippen LogP) is 0.957. The summed E-state index contributed by atoms with van der Waals surface area (Å²) in [6.07, 6.45) is 3.37. The Labute approximate surface area is 89.2 Å². The molecule has 0 radical (unpaired) electrons. The normalized spacial score (nSPS) is 25.7. The summed E-state index contributed by atoms with van der Waals surface area (Å²) in [6, 6.07) is 1.89. The van der Waals surface area contributed by atoms with Gasteiger partial charge in [-0.15, -0.1) is 0 Å². The molecule has 2 atom stereocenters. The van der Waals surface area contributed by atoms with Crippen LogP contribution in [0.15, 0.2) is 12.3 Å². The highest BCUT2D eigenvalue weighted by Gasteiger charge is 2.28. The van der Waals surface area contributed by atoms with E-state index in [4.69, 9.17) is 4.74 Å². The van der Waals surface area contributed by atoms with Gasteiger partial charge >= 0.3 is 0 Å². The Hall–Kier alpha value is -1.16. The molecule has 1 aliphatic heterocycles. The molecular formula is C11H16N2O2. The molecule has 1 saturated heterocycles. The Morgan fingerprint density at radius 2 is 2.53 bits per heavy atom. The highest BCUT2D eigenvalue weighted by atomic mass is 16.5. The van der Waals surface area contributed by atoms with Gasteiger partial charge in [-0.3, -0.25) is 9.48 Å². The first-order chi connectivity index (χ1) is 7.15. The quantitative estimate of drug-likeness (QED) is 0.743. The van der Waals surface area contributed by atoms with Gasteiger partial charge in [0.05, 0.1) is 24.8 Å². The van der Waals surface area contributed by atoms with Crippen LogP contribution >= 0.6 is 0 Å². The van der Waals surface area contributed by atoms with Gasteiger partial charge in [0.1, 0.15) is 5.78 Å². The number of carbonyl (C=O) groups excluding carboxylic acids is 1. The van der Waals surface area contributed by atoms with Gasteiger partial charge in [-0.05, 0) is 19.4 Å². The van der Waals surface area contributed by atoms with E-state index >= 15 is 0 Å². The maximum Gasteiger partial charge on any atom is 0.144 e. The highest BCUT2D eigenvalue weighted by Crippen LogP contribution is 2.21. The number of Topliss-reactive ketones (excluding diaryl/α,β-unsaturated/α-hetero) is 1. The molecule has 2 rings (SSSR count). The highest BCUT2D eigenvalue weighted by molar-refractivity contribution is 5.83. The van der Waals surface area contributed by atoms with Gasteiger partial charge in [-0.1, -0.05) is 0 Å². The Morgan fingerprint density at radius 3 is 3.07 bits per heavy atom. The lowest BCUT2D eigenvalue weighted by atomic mass is 9.98. The molecule has 0 amide bonds. The molecule has 1 aliphatic rings. The summed E-state index contributed by atoms with van der Waals surface area (Å²) >= 11 is 0. The molecule has 82 valence electrons. The zero-order valence-corrected chi connectivity index (χ0v) is 9.14. The van der Waals surface area contributed by atoms with Gasteiger partial charge in [0.2, 0.25) is 0 Å². The minimum absolute atomic E-state index is 0.0713. The van der Waals surface area contributed by atoms with Crippen molar-refractivity contribution in [2.75, 3.05) is 6.61 Å². The van der Waals surface area contributed by atoms with Crippen LogP contribution in [0.1, 0.15) is 19.0 Å². The average Bonchev–Trinajstić information content (AvgIpc) is 2.75. The third kappa shape index (κ3) is 2.45. The molecule has 1 aromatic heterocycles. The first-order valence-electron chi connectivity index (χ1n) is 5.28. The van der Waals surface area contributed by atoms with Crippen molar-refractivity contribution in [3.05, 3.63) is 18.0 Å². The number of hydrogen-bond donors (Lipinski definition) is 0. The molecule has 1 fully saturated rings. The van der Waals surface area contributed by atoms with Crippen LogP contribution in [0.3, 0.4) is 0 Å². The number of ketones is 1. The number of carbonyl (C=O) groups is 1. The van der Waals surface area contributed by atoms with Gasteiger partial charge in [0, 0.05) is 19.2 Å². The van der Waals surface area contributed by atoms with Gasteiger partial charge < -0.3 is 4.74 Å². The Balaban J connectivity index is 1.92. The van der Waals surface area contributed by atoms with E-state index in [1.54, 1.807) is 4.68 Å². The van der Waals surface area contributed by atoms with E-state index in [2.05, 4.69) is 5.10 Å². The van der Waals surface area contributed by atoms with Crippen LogP contribution in [0.5, 0.6) is 0 Å². The molecule has 0 bridgehead atoms. The number of nitrogens with zero attached hydrogens (tertiary/aromatic N) is 2. The minimum atomic E-state index is 0.0713. The summed E-state index contributed by atoms with van der Waals surface area (Å²) in [5, 5.41) is 4.20. The number of hydrogen-bond acceptors (Lipinski definition) is 3. The van der Waals surface area contributed by atoms with E-state index in [9.17, 15) is 4.79 Å². The third-order valence-corrected chi connectivity index (χ3v) is 2.78. The van der Waals surface area contributed by atoms with Crippen LogP contribution in [0.2, 0.25) is 0 Å². The fourth-order valence-electron chi connectivity index (χ4n) is 1.92. The van der Waals surface area contributed by atoms with Crippen LogP contribution < -0.4 is 0 Å². The molecule has 2 unspecified atom stereocenters. The fourth-order valence-corrected chi connectivity index (χ4v) is 1.92. The van der Waals surface area contributed by atoms with Crippen molar-refractivity contribution in [3.8, 4) is 0 Å². The maximum absolute atomic E-state index is 11.8. The monoisotopic (exact) mass is 208 g/mol. The van der Waals surface area contributed by atoms with Crippen molar-refractivity contribution in [1.29, 1.82) is 0 Å². The number of aryl methyl sites for hydroxylation is 1. The molecule has 15 heavy (non-hydrogen) atoms. The van der Waals surface area contributed by atoms with Crippen LogP contribution in [-0.4, -0.2) is 28.3 Å². The molecule has 4 nitrogen and oxygen atoms in total. The van der Waals surface area contributed by atoms with Crippen molar-refractivity contribution in [2.24, 2.45) is 13.0 Å². The zero-order chi connectivity index (χ0) is 10.8. The van der Waals surface area contributed by atoms with Gasteiger partial charge in [-0.2, -0.15) is 5.10 Å². The first-order valence-corrected chi connectivity index (χ1v) is 5.28. The summed E-state index contributed by atoms with van der Waals surface area (Å²) in [5.74, 6) is 0.319. The smallest absolute Gasteiger partial charge is 0.144 e. The Kier molecular flexibility index (Phi) is 2.86. The molecule has 0 N–H and O–H groups in total. The first kappa shape index (κ1) is 10.4. The molecule has 0 aliphatic carbocycles. The van der Waals surface area contributed by atoms with Gasteiger partial charge in [0.25, 0.3) is 0 Å². The Morgan fingerprint density at radius 1 is 1.73 bits per heavy atom. The number of rotatable bonds is 3. The van der Waals surface area contributed by atoms with E-state index in [0.717, 1.165) is 12.1 Å². The number of ether oxygens (including phenoxy) is 1. The maximum atomic E-state index is 11.8. The van der Waals surface area contributed by atoms with Crippen molar-refractivity contribution in [3.63, 3.8) is 0 Å². The van der Waals surface area contributed by atoms with Gasteiger partial charge in [0.15, 0.2) is 0 Å². The van der Waals surface area contributed by atoms with E-state index in [1.807, 2.05) is 26.2 Å². The average molecular weight is 208 g/mol. The van der Waals surface area contributed by atoms with Gasteiger partial charge in [-0.25, -0.2) is 0 Å². The SMILES string of the molecule is CC1CC(C(=O)Cc2ccn(C)n2)CO1. The minimum Gasteiger partial charge on any atom is -0.378 e. The second-order valence-electron chi connectivity index (χ2n) is 4.20. The summed E-state index contributed by atoms with van der Waals surface area (Å²) in [5.41, 5.74) is 0.849. The van der Waals surface area contributed by atoms with Crippen LogP contribution in [-0.2, 0) is 23.0 Å². The molecule has 4 heteroatoms. The second kappa shape index (κ2) is 4.14. The lowest BCUT2D eigenvalue weighted by Gasteiger charge is -2.04. The topological polar surface area (TPSA) is 44.1 Å².